The monoisotopic (exact) mass is 247 g/mol. The van der Waals surface area contributed by atoms with E-state index in [4.69, 9.17) is 0 Å². The van der Waals surface area contributed by atoms with Gasteiger partial charge in [-0.25, -0.2) is 4.98 Å². The van der Waals surface area contributed by atoms with Crippen LogP contribution in [-0.4, -0.2) is 22.6 Å². The highest BCUT2D eigenvalue weighted by Crippen LogP contribution is 2.62. The Morgan fingerprint density at radius 2 is 2.28 bits per heavy atom. The summed E-state index contributed by atoms with van der Waals surface area (Å²) in [5.74, 6) is 2.01. The topological polar surface area (TPSA) is 40.7 Å². The van der Waals surface area contributed by atoms with Crippen molar-refractivity contribution in [3.63, 3.8) is 0 Å². The Hall–Kier alpha value is -0.830. The van der Waals surface area contributed by atoms with Crippen molar-refractivity contribution in [1.29, 1.82) is 0 Å². The lowest BCUT2D eigenvalue weighted by molar-refractivity contribution is 0.110. The summed E-state index contributed by atoms with van der Waals surface area (Å²) < 4.78 is 0. The Morgan fingerprint density at radius 3 is 2.89 bits per heavy atom. The van der Waals surface area contributed by atoms with Gasteiger partial charge in [-0.3, -0.25) is 0 Å². The van der Waals surface area contributed by atoms with Crippen LogP contribution >= 0.6 is 0 Å². The van der Waals surface area contributed by atoms with Crippen LogP contribution in [0.25, 0.3) is 0 Å². The van der Waals surface area contributed by atoms with Crippen LogP contribution in [0, 0.1) is 16.7 Å². The molecule has 2 saturated carbocycles. The van der Waals surface area contributed by atoms with Crippen LogP contribution in [0.1, 0.15) is 45.9 Å². The first-order valence-corrected chi connectivity index (χ1v) is 7.24. The molecule has 100 valence electrons. The number of hydrogen-bond donors (Lipinski definition) is 2. The Morgan fingerprint density at radius 1 is 1.44 bits per heavy atom. The molecule has 0 saturated heterocycles. The normalized spacial score (nSPS) is 37.3. The quantitative estimate of drug-likeness (QED) is 0.859. The minimum atomic E-state index is 0.455. The fourth-order valence-electron chi connectivity index (χ4n) is 4.58. The molecule has 3 rings (SSSR count). The highest BCUT2D eigenvalue weighted by Gasteiger charge is 2.58. The Balaban J connectivity index is 1.62. The molecule has 0 spiro atoms. The average molecular weight is 247 g/mol. The second kappa shape index (κ2) is 4.09. The van der Waals surface area contributed by atoms with E-state index in [2.05, 4.69) is 36.1 Å². The standard InChI is InChI=1S/C15H25N3/c1-14(2)11-4-6-15(3,10-11)13(14)18-7-5-12-16-8-9-17-12/h8-9,11,13,18H,4-7,10H2,1-3H3,(H,16,17). The van der Waals surface area contributed by atoms with Gasteiger partial charge in [0.05, 0.1) is 0 Å². The highest BCUT2D eigenvalue weighted by molar-refractivity contribution is 5.12. The summed E-state index contributed by atoms with van der Waals surface area (Å²) in [4.78, 5) is 7.46. The van der Waals surface area contributed by atoms with Gasteiger partial charge in [-0.1, -0.05) is 20.8 Å². The summed E-state index contributed by atoms with van der Waals surface area (Å²) in [6.07, 6.45) is 8.98. The zero-order chi connectivity index (χ0) is 12.8. The van der Waals surface area contributed by atoms with Gasteiger partial charge in [0, 0.05) is 31.4 Å². The van der Waals surface area contributed by atoms with Crippen LogP contribution in [-0.2, 0) is 6.42 Å². The lowest BCUT2D eigenvalue weighted by atomic mass is 9.68. The van der Waals surface area contributed by atoms with E-state index >= 15 is 0 Å². The summed E-state index contributed by atoms with van der Waals surface area (Å²) in [6.45, 7) is 8.41. The molecule has 3 nitrogen and oxygen atoms in total. The van der Waals surface area contributed by atoms with Crippen LogP contribution in [0.4, 0.5) is 0 Å². The zero-order valence-electron chi connectivity index (χ0n) is 11.8. The maximum atomic E-state index is 4.29. The molecule has 1 aromatic rings. The number of nitrogens with zero attached hydrogens (tertiary/aromatic N) is 1. The Kier molecular flexibility index (Phi) is 2.77. The van der Waals surface area contributed by atoms with Crippen molar-refractivity contribution < 1.29 is 0 Å². The minimum Gasteiger partial charge on any atom is -0.349 e. The Bertz CT molecular complexity index is 405. The van der Waals surface area contributed by atoms with Crippen molar-refractivity contribution in [3.05, 3.63) is 18.2 Å². The van der Waals surface area contributed by atoms with Gasteiger partial charge in [0.1, 0.15) is 5.82 Å². The summed E-state index contributed by atoms with van der Waals surface area (Å²) in [7, 11) is 0. The van der Waals surface area contributed by atoms with Crippen molar-refractivity contribution in [3.8, 4) is 0 Å². The molecule has 1 aromatic heterocycles. The maximum absolute atomic E-state index is 4.29. The molecule has 18 heavy (non-hydrogen) atoms. The van der Waals surface area contributed by atoms with Gasteiger partial charge >= 0.3 is 0 Å². The molecule has 2 N–H and O–H groups in total. The first kappa shape index (κ1) is 12.2. The van der Waals surface area contributed by atoms with Gasteiger partial charge in [0.2, 0.25) is 0 Å². The third-order valence-electron chi connectivity index (χ3n) is 5.53. The van der Waals surface area contributed by atoms with Gasteiger partial charge in [0.25, 0.3) is 0 Å². The predicted octanol–water partition coefficient (Wildman–Crippen LogP) is 2.76. The molecule has 3 atom stereocenters. The molecule has 3 heteroatoms. The number of imidazole rings is 1. The van der Waals surface area contributed by atoms with E-state index in [0.29, 0.717) is 16.9 Å². The zero-order valence-corrected chi connectivity index (χ0v) is 11.8. The molecule has 2 bridgehead atoms. The first-order chi connectivity index (χ1) is 8.52. The molecule has 2 fully saturated rings. The lowest BCUT2D eigenvalue weighted by Crippen LogP contribution is -2.50. The average Bonchev–Trinajstić information content (AvgIpc) is 2.96. The van der Waals surface area contributed by atoms with Gasteiger partial charge in [-0.2, -0.15) is 0 Å². The predicted molar refractivity (Wildman–Crippen MR) is 73.3 cm³/mol. The third kappa shape index (κ3) is 1.80. The lowest BCUT2D eigenvalue weighted by Gasteiger charge is -2.43. The Labute approximate surface area is 110 Å². The third-order valence-corrected chi connectivity index (χ3v) is 5.53. The fourth-order valence-corrected chi connectivity index (χ4v) is 4.58. The molecule has 0 radical (unpaired) electrons. The number of H-pyrrole nitrogens is 1. The summed E-state index contributed by atoms with van der Waals surface area (Å²) >= 11 is 0. The van der Waals surface area contributed by atoms with E-state index in [1.807, 2.05) is 12.4 Å². The summed E-state index contributed by atoms with van der Waals surface area (Å²) in [5, 5.41) is 3.82. The van der Waals surface area contributed by atoms with Crippen molar-refractivity contribution in [2.24, 2.45) is 16.7 Å². The summed E-state index contributed by atoms with van der Waals surface area (Å²) in [5.41, 5.74) is 0.980. The second-order valence-electron chi connectivity index (χ2n) is 7.09. The van der Waals surface area contributed by atoms with Gasteiger partial charge in [0.15, 0.2) is 0 Å². The second-order valence-corrected chi connectivity index (χ2v) is 7.09. The molecular formula is C15H25N3. The number of rotatable bonds is 4. The molecule has 0 amide bonds. The molecule has 0 aliphatic heterocycles. The van der Waals surface area contributed by atoms with Crippen LogP contribution in [0.5, 0.6) is 0 Å². The van der Waals surface area contributed by atoms with Gasteiger partial charge in [-0.05, 0) is 36.0 Å². The molecule has 0 aromatic carbocycles. The molecule has 1 heterocycles. The van der Waals surface area contributed by atoms with E-state index in [1.54, 1.807) is 0 Å². The van der Waals surface area contributed by atoms with E-state index in [1.165, 1.54) is 19.3 Å². The smallest absolute Gasteiger partial charge is 0.107 e. The van der Waals surface area contributed by atoms with E-state index in [0.717, 1.165) is 24.7 Å². The van der Waals surface area contributed by atoms with Crippen LogP contribution in [0.3, 0.4) is 0 Å². The number of aromatic nitrogens is 2. The molecule has 2 aliphatic carbocycles. The van der Waals surface area contributed by atoms with Crippen LogP contribution in [0.2, 0.25) is 0 Å². The van der Waals surface area contributed by atoms with Gasteiger partial charge in [-0.15, -0.1) is 0 Å². The van der Waals surface area contributed by atoms with Crippen molar-refractivity contribution in [2.45, 2.75) is 52.5 Å². The fraction of sp³-hybridized carbons (Fsp3) is 0.800. The van der Waals surface area contributed by atoms with Gasteiger partial charge < -0.3 is 10.3 Å². The molecular weight excluding hydrogens is 222 g/mol. The minimum absolute atomic E-state index is 0.455. The van der Waals surface area contributed by atoms with Crippen LogP contribution in [0.15, 0.2) is 12.4 Å². The number of fused-ring (bicyclic) bond motifs is 2. The van der Waals surface area contributed by atoms with Crippen molar-refractivity contribution in [1.82, 2.24) is 15.3 Å². The maximum Gasteiger partial charge on any atom is 0.107 e. The van der Waals surface area contributed by atoms with E-state index < -0.39 is 0 Å². The van der Waals surface area contributed by atoms with Crippen LogP contribution < -0.4 is 5.32 Å². The largest absolute Gasteiger partial charge is 0.349 e. The number of hydrogen-bond acceptors (Lipinski definition) is 2. The first-order valence-electron chi connectivity index (χ1n) is 7.24. The van der Waals surface area contributed by atoms with E-state index in [-0.39, 0.29) is 0 Å². The summed E-state index contributed by atoms with van der Waals surface area (Å²) in [6, 6.07) is 0.665. The SMILES string of the molecule is CC12CCC(C1)C(C)(C)C2NCCc1ncc[nH]1. The molecule has 2 aliphatic rings. The molecule has 3 unspecified atom stereocenters. The van der Waals surface area contributed by atoms with E-state index in [9.17, 15) is 0 Å². The number of aromatic amines is 1. The number of nitrogens with one attached hydrogen (secondary N) is 2. The van der Waals surface area contributed by atoms with Crippen molar-refractivity contribution in [2.75, 3.05) is 6.54 Å². The van der Waals surface area contributed by atoms with Crippen molar-refractivity contribution >= 4 is 0 Å². The highest BCUT2D eigenvalue weighted by atomic mass is 15.0.